The molecule has 4 heterocycles. The minimum Gasteiger partial charge on any atom is -0.491 e. The van der Waals surface area contributed by atoms with E-state index in [1.54, 1.807) is 25.6 Å². The lowest BCUT2D eigenvalue weighted by Gasteiger charge is -2.29. The normalized spacial score (nSPS) is 17.8. The van der Waals surface area contributed by atoms with Gasteiger partial charge in [0.15, 0.2) is 5.82 Å². The van der Waals surface area contributed by atoms with E-state index in [0.717, 1.165) is 45.5 Å². The number of fused-ring (bicyclic) bond motifs is 1. The minimum absolute atomic E-state index is 0.0172. The number of carbonyl (C=O) groups excluding carboxylic acids is 2. The van der Waals surface area contributed by atoms with E-state index in [9.17, 15) is 14.7 Å². The number of rotatable bonds is 12. The van der Waals surface area contributed by atoms with Gasteiger partial charge in [0.2, 0.25) is 11.8 Å². The van der Waals surface area contributed by atoms with Gasteiger partial charge in [0.1, 0.15) is 12.4 Å². The maximum atomic E-state index is 13.7. The first-order valence-corrected chi connectivity index (χ1v) is 17.1. The number of ether oxygens (including phenoxy) is 2. The van der Waals surface area contributed by atoms with Gasteiger partial charge in [-0.05, 0) is 79.1 Å². The van der Waals surface area contributed by atoms with E-state index in [1.165, 1.54) is 5.57 Å². The average molecular weight is 688 g/mol. The maximum Gasteiger partial charge on any atom is 0.237 e. The number of anilines is 1. The van der Waals surface area contributed by atoms with E-state index >= 15 is 0 Å². The molecular weight excluding hydrogens is 646 g/mol. The molecule has 5 aromatic rings. The molecule has 0 saturated carbocycles. The number of aliphatic hydroxyl groups excluding tert-OH is 1. The Morgan fingerprint density at radius 3 is 2.45 bits per heavy atom. The molecular formula is C39H41N7O5. The molecule has 0 spiro atoms. The van der Waals surface area contributed by atoms with Crippen molar-refractivity contribution >= 4 is 34.0 Å². The van der Waals surface area contributed by atoms with Crippen LogP contribution >= 0.6 is 0 Å². The van der Waals surface area contributed by atoms with Crippen molar-refractivity contribution in [3.63, 3.8) is 0 Å². The molecule has 2 aliphatic rings. The number of aromatic amines is 1. The molecule has 0 aliphatic carbocycles. The molecule has 12 nitrogen and oxygen atoms in total. The zero-order chi connectivity index (χ0) is 35.2. The zero-order valence-corrected chi connectivity index (χ0v) is 28.5. The maximum absolute atomic E-state index is 13.7. The van der Waals surface area contributed by atoms with Crippen LogP contribution in [-0.2, 0) is 14.3 Å². The minimum atomic E-state index is -1.01. The Morgan fingerprint density at radius 1 is 0.961 bits per heavy atom. The van der Waals surface area contributed by atoms with Crippen LogP contribution in [0.3, 0.4) is 0 Å². The Labute approximate surface area is 296 Å². The Bertz CT molecular complexity index is 2010. The summed E-state index contributed by atoms with van der Waals surface area (Å²) in [7, 11) is 1.63. The highest BCUT2D eigenvalue weighted by Gasteiger charge is 2.45. The number of aromatic nitrogens is 4. The summed E-state index contributed by atoms with van der Waals surface area (Å²) < 4.78 is 10.7. The van der Waals surface area contributed by atoms with Crippen LogP contribution in [0.25, 0.3) is 39.1 Å². The van der Waals surface area contributed by atoms with Gasteiger partial charge in [-0.25, -0.2) is 9.97 Å². The molecule has 7 rings (SSSR count). The molecule has 1 fully saturated rings. The highest BCUT2D eigenvalue weighted by atomic mass is 16.5. The fourth-order valence-electron chi connectivity index (χ4n) is 6.74. The van der Waals surface area contributed by atoms with Gasteiger partial charge in [0.05, 0.1) is 36.4 Å². The van der Waals surface area contributed by atoms with Gasteiger partial charge in [0, 0.05) is 61.3 Å². The number of nitrogens with one attached hydrogen (secondary N) is 2. The quantitative estimate of drug-likeness (QED) is 0.160. The second-order valence-electron chi connectivity index (χ2n) is 13.0. The van der Waals surface area contributed by atoms with Crippen molar-refractivity contribution in [1.29, 1.82) is 0 Å². The summed E-state index contributed by atoms with van der Waals surface area (Å²) in [6, 6.07) is 23.2. The third-order valence-corrected chi connectivity index (χ3v) is 9.72. The summed E-state index contributed by atoms with van der Waals surface area (Å²) in [5.41, 5.74) is 5.38. The molecule has 0 bridgehead atoms. The average Bonchev–Trinajstić information content (AvgIpc) is 3.80. The molecule has 2 amide bonds. The van der Waals surface area contributed by atoms with E-state index < -0.39 is 5.41 Å². The van der Waals surface area contributed by atoms with Gasteiger partial charge < -0.3 is 24.8 Å². The van der Waals surface area contributed by atoms with E-state index in [1.807, 2.05) is 64.4 Å². The molecule has 0 radical (unpaired) electrons. The number of aliphatic hydroxyl groups is 1. The highest BCUT2D eigenvalue weighted by Crippen LogP contribution is 2.34. The van der Waals surface area contributed by atoms with Gasteiger partial charge in [-0.2, -0.15) is 5.10 Å². The number of benzene rings is 3. The van der Waals surface area contributed by atoms with Crippen molar-refractivity contribution < 1.29 is 24.2 Å². The molecule has 0 unspecified atom stereocenters. The number of methoxy groups -OCH3 is 1. The van der Waals surface area contributed by atoms with Crippen LogP contribution in [0, 0.1) is 5.41 Å². The molecule has 2 aromatic heterocycles. The molecule has 1 atom stereocenters. The molecule has 51 heavy (non-hydrogen) atoms. The second kappa shape index (κ2) is 15.2. The van der Waals surface area contributed by atoms with Crippen LogP contribution < -0.4 is 10.1 Å². The van der Waals surface area contributed by atoms with Crippen LogP contribution in [0.5, 0.6) is 5.75 Å². The van der Waals surface area contributed by atoms with Crippen LogP contribution in [0.1, 0.15) is 18.4 Å². The summed E-state index contributed by atoms with van der Waals surface area (Å²) in [6.07, 6.45) is 6.78. The van der Waals surface area contributed by atoms with E-state index in [2.05, 4.69) is 43.7 Å². The summed E-state index contributed by atoms with van der Waals surface area (Å²) in [6.45, 7) is 2.86. The summed E-state index contributed by atoms with van der Waals surface area (Å²) in [5.74, 6) is 1.18. The van der Waals surface area contributed by atoms with Crippen molar-refractivity contribution in [1.82, 2.24) is 30.0 Å². The van der Waals surface area contributed by atoms with E-state index in [0.29, 0.717) is 57.3 Å². The number of H-pyrrole nitrogens is 1. The van der Waals surface area contributed by atoms with E-state index in [4.69, 9.17) is 9.47 Å². The number of carbonyl (C=O) groups is 2. The molecule has 3 aromatic carbocycles. The fraction of sp³-hybridized carbons (Fsp3) is 0.308. The summed E-state index contributed by atoms with van der Waals surface area (Å²) >= 11 is 0. The number of nitrogens with zero attached hydrogens (tertiary/aromatic N) is 5. The first kappa shape index (κ1) is 34.0. The largest absolute Gasteiger partial charge is 0.491 e. The number of hydrogen-bond acceptors (Lipinski definition) is 9. The third-order valence-electron chi connectivity index (χ3n) is 9.72. The molecule has 262 valence electrons. The van der Waals surface area contributed by atoms with Gasteiger partial charge >= 0.3 is 0 Å². The standard InChI is InChI=1S/C39H41N7O5/c1-50-21-22-51-32-10-7-29(8-11-32)36-33-23-31(9-12-34(33)43-44-36)42-38(49)39(26-47)15-20-45(25-39)24-35(48)46-18-13-28(14-19-46)27-3-5-30(6-4-27)37-40-16-2-17-41-37/h2-13,16-17,23,47H,14-15,18-22,24-26H2,1H3,(H,42,49)(H,43,44)/t39-/m1/s1. The van der Waals surface area contributed by atoms with Crippen molar-refractivity contribution in [3.8, 4) is 28.4 Å². The lowest BCUT2D eigenvalue weighted by Crippen LogP contribution is -2.45. The van der Waals surface area contributed by atoms with Crippen LogP contribution in [0.4, 0.5) is 5.69 Å². The zero-order valence-electron chi connectivity index (χ0n) is 28.5. The fourth-order valence-corrected chi connectivity index (χ4v) is 6.74. The highest BCUT2D eigenvalue weighted by molar-refractivity contribution is 6.00. The van der Waals surface area contributed by atoms with Crippen LogP contribution in [-0.4, -0.2) is 107 Å². The molecule has 12 heteroatoms. The first-order chi connectivity index (χ1) is 24.9. The number of amides is 2. The summed E-state index contributed by atoms with van der Waals surface area (Å²) in [4.78, 5) is 39.5. The van der Waals surface area contributed by atoms with Gasteiger partial charge in [0.25, 0.3) is 0 Å². The summed E-state index contributed by atoms with van der Waals surface area (Å²) in [5, 5.41) is 22.0. The first-order valence-electron chi connectivity index (χ1n) is 17.1. The Kier molecular flexibility index (Phi) is 10.2. The lowest BCUT2D eigenvalue weighted by molar-refractivity contribution is -0.133. The van der Waals surface area contributed by atoms with Gasteiger partial charge in [-0.1, -0.05) is 30.3 Å². The van der Waals surface area contributed by atoms with Crippen molar-refractivity contribution in [3.05, 3.63) is 96.8 Å². The Balaban J connectivity index is 0.947. The number of likely N-dealkylation sites (tertiary alicyclic amines) is 1. The molecule has 2 aliphatic heterocycles. The van der Waals surface area contributed by atoms with Crippen molar-refractivity contribution in [2.45, 2.75) is 12.8 Å². The third kappa shape index (κ3) is 7.53. The monoisotopic (exact) mass is 687 g/mol. The second-order valence-corrected chi connectivity index (χ2v) is 13.0. The van der Waals surface area contributed by atoms with Crippen molar-refractivity contribution in [2.75, 3.05) is 65.0 Å². The van der Waals surface area contributed by atoms with Crippen LogP contribution in [0.2, 0.25) is 0 Å². The molecule has 3 N–H and O–H groups in total. The predicted octanol–water partition coefficient (Wildman–Crippen LogP) is 4.65. The van der Waals surface area contributed by atoms with Gasteiger partial charge in [-0.15, -0.1) is 0 Å². The Morgan fingerprint density at radius 2 is 1.73 bits per heavy atom. The predicted molar refractivity (Wildman–Crippen MR) is 195 cm³/mol. The van der Waals surface area contributed by atoms with E-state index in [-0.39, 0.29) is 25.0 Å². The van der Waals surface area contributed by atoms with Crippen LogP contribution in [0.15, 0.2) is 91.3 Å². The topological polar surface area (TPSA) is 146 Å². The van der Waals surface area contributed by atoms with Crippen molar-refractivity contribution in [2.24, 2.45) is 5.41 Å². The lowest BCUT2D eigenvalue weighted by atomic mass is 9.87. The Hall–Kier alpha value is -5.43. The van der Waals surface area contributed by atoms with Gasteiger partial charge in [-0.3, -0.25) is 19.6 Å². The molecule has 1 saturated heterocycles. The SMILES string of the molecule is COCCOc1ccc(-c2n[nH]c3ccc(NC(=O)[C@]4(CO)CCN(CC(=O)N5CC=C(c6ccc(-c7ncccn7)cc6)CC5)C4)cc23)cc1. The number of hydrogen-bond donors (Lipinski definition) is 3. The smallest absolute Gasteiger partial charge is 0.237 e.